The number of likely N-dealkylation sites (tertiary alicyclic amines) is 1. The lowest BCUT2D eigenvalue weighted by Crippen LogP contribution is -2.49. The van der Waals surface area contributed by atoms with Crippen molar-refractivity contribution in [3.05, 3.63) is 108 Å². The fourth-order valence-corrected chi connectivity index (χ4v) is 6.02. The van der Waals surface area contributed by atoms with Crippen molar-refractivity contribution in [2.75, 3.05) is 41.3 Å². The molecular formula is C34H38ClFN6O5S. The van der Waals surface area contributed by atoms with E-state index in [9.17, 15) is 22.4 Å². The normalized spacial score (nSPS) is 13.6. The molecule has 14 heteroatoms. The molecule has 1 aliphatic rings. The van der Waals surface area contributed by atoms with Gasteiger partial charge in [-0.2, -0.15) is 0 Å². The average molecular weight is 697 g/mol. The second kappa shape index (κ2) is 15.9. The highest BCUT2D eigenvalue weighted by molar-refractivity contribution is 7.92. The molecule has 4 aromatic rings. The van der Waals surface area contributed by atoms with Crippen LogP contribution in [0.25, 0.3) is 0 Å². The van der Waals surface area contributed by atoms with Crippen molar-refractivity contribution in [3.8, 4) is 11.6 Å². The first kappa shape index (κ1) is 36.1. The lowest BCUT2D eigenvalue weighted by Gasteiger charge is -2.38. The molecule has 3 aromatic carbocycles. The lowest BCUT2D eigenvalue weighted by atomic mass is 10.0. The molecule has 0 aliphatic carbocycles. The maximum Gasteiger partial charge on any atom is 0.326 e. The maximum atomic E-state index is 14.2. The van der Waals surface area contributed by atoms with Gasteiger partial charge in [0, 0.05) is 62.0 Å². The van der Waals surface area contributed by atoms with E-state index in [0.717, 1.165) is 49.0 Å². The first-order chi connectivity index (χ1) is 22.5. The average Bonchev–Trinajstić information content (AvgIpc) is 3.04. The number of nitrogens with one attached hydrogen (secondary N) is 3. The van der Waals surface area contributed by atoms with Gasteiger partial charge in [-0.25, -0.2) is 22.6 Å². The van der Waals surface area contributed by atoms with Gasteiger partial charge in [-0.1, -0.05) is 18.2 Å². The number of pyridine rings is 1. The van der Waals surface area contributed by atoms with E-state index < -0.39 is 21.7 Å². The standard InChI is InChI=1S/C34H37FN6O5S.ClH/c1-23-5-4-6-28(19-23)41(34(43)38-26-10-13-31(35)30(20-26)33(42)36-2)27-15-17-40(18-16-27)22-24-7-14-32(37-21-24)46-29-11-8-25(9-12-29)39-47(3,44)45;/h4-14,19-21,27,39H,15-18,22H2,1-3H3,(H,36,42)(H,38,43);1H. The maximum absolute atomic E-state index is 14.2. The summed E-state index contributed by atoms with van der Waals surface area (Å²) in [7, 11) is -1.94. The number of urea groups is 1. The third kappa shape index (κ3) is 9.66. The van der Waals surface area contributed by atoms with Crippen molar-refractivity contribution in [2.24, 2.45) is 0 Å². The van der Waals surface area contributed by atoms with Crippen LogP contribution in [0.4, 0.5) is 26.2 Å². The summed E-state index contributed by atoms with van der Waals surface area (Å²) >= 11 is 0. The number of ether oxygens (including phenoxy) is 1. The van der Waals surface area contributed by atoms with E-state index in [1.54, 1.807) is 41.4 Å². The molecule has 0 spiro atoms. The second-order valence-corrected chi connectivity index (χ2v) is 13.2. The minimum Gasteiger partial charge on any atom is -0.439 e. The number of nitrogens with zero attached hydrogens (tertiary/aromatic N) is 3. The van der Waals surface area contributed by atoms with Crippen LogP contribution in [-0.4, -0.2) is 62.7 Å². The first-order valence-corrected chi connectivity index (χ1v) is 17.0. The number of carbonyl (C=O) groups excluding carboxylic acids is 2. The number of aryl methyl sites for hydroxylation is 1. The highest BCUT2D eigenvalue weighted by Crippen LogP contribution is 2.28. The molecule has 1 aromatic heterocycles. The van der Waals surface area contributed by atoms with Crippen LogP contribution in [0.5, 0.6) is 11.6 Å². The highest BCUT2D eigenvalue weighted by atomic mass is 35.5. The molecule has 5 rings (SSSR count). The number of sulfonamides is 1. The molecule has 3 amide bonds. The zero-order valence-corrected chi connectivity index (χ0v) is 28.4. The number of aromatic nitrogens is 1. The van der Waals surface area contributed by atoms with Crippen LogP contribution in [0.1, 0.15) is 34.3 Å². The summed E-state index contributed by atoms with van der Waals surface area (Å²) in [4.78, 5) is 34.3. The van der Waals surface area contributed by atoms with Crippen molar-refractivity contribution < 1.29 is 27.1 Å². The lowest BCUT2D eigenvalue weighted by molar-refractivity contribution is 0.0959. The van der Waals surface area contributed by atoms with Gasteiger partial charge >= 0.3 is 6.03 Å². The Kier molecular flexibility index (Phi) is 12.0. The molecule has 1 saturated heterocycles. The van der Waals surface area contributed by atoms with Gasteiger partial charge in [0.25, 0.3) is 5.91 Å². The van der Waals surface area contributed by atoms with Crippen molar-refractivity contribution in [3.63, 3.8) is 0 Å². The van der Waals surface area contributed by atoms with Crippen LogP contribution < -0.4 is 25.0 Å². The fraction of sp³-hybridized carbons (Fsp3) is 0.265. The zero-order chi connectivity index (χ0) is 33.6. The van der Waals surface area contributed by atoms with Crippen LogP contribution in [0.15, 0.2) is 85.1 Å². The molecule has 1 aliphatic heterocycles. The SMILES string of the molecule is CNC(=O)c1cc(NC(=O)N(c2cccc(C)c2)C2CCN(Cc3ccc(Oc4ccc(NS(C)(=O)=O)cc4)nc3)CC2)ccc1F.Cl. The van der Waals surface area contributed by atoms with Crippen molar-refractivity contribution in [1.29, 1.82) is 0 Å². The number of rotatable bonds is 10. The summed E-state index contributed by atoms with van der Waals surface area (Å²) < 4.78 is 45.3. The van der Waals surface area contributed by atoms with Crippen molar-refractivity contribution in [2.45, 2.75) is 32.4 Å². The predicted molar refractivity (Wildman–Crippen MR) is 187 cm³/mol. The molecule has 0 radical (unpaired) electrons. The summed E-state index contributed by atoms with van der Waals surface area (Å²) in [5, 5.41) is 5.28. The minimum atomic E-state index is -3.36. The Morgan fingerprint density at radius 2 is 1.71 bits per heavy atom. The highest BCUT2D eigenvalue weighted by Gasteiger charge is 2.30. The quantitative estimate of drug-likeness (QED) is 0.180. The number of piperidine rings is 1. The monoisotopic (exact) mass is 696 g/mol. The number of carbonyl (C=O) groups is 2. The molecule has 2 heterocycles. The zero-order valence-electron chi connectivity index (χ0n) is 26.8. The predicted octanol–water partition coefficient (Wildman–Crippen LogP) is 6.18. The second-order valence-electron chi connectivity index (χ2n) is 11.4. The van der Waals surface area contributed by atoms with Gasteiger partial charge < -0.3 is 15.4 Å². The number of benzene rings is 3. The minimum absolute atomic E-state index is 0. The summed E-state index contributed by atoms with van der Waals surface area (Å²) in [6.07, 6.45) is 4.32. The summed E-state index contributed by atoms with van der Waals surface area (Å²) in [5.41, 5.74) is 3.41. The molecular weight excluding hydrogens is 659 g/mol. The van der Waals surface area contributed by atoms with Crippen LogP contribution in [0, 0.1) is 12.7 Å². The summed E-state index contributed by atoms with van der Waals surface area (Å²) in [6.45, 7) is 4.16. The van der Waals surface area contributed by atoms with Crippen LogP contribution in [0.3, 0.4) is 0 Å². The van der Waals surface area contributed by atoms with E-state index in [1.165, 1.54) is 25.2 Å². The molecule has 0 saturated carbocycles. The third-order valence-electron chi connectivity index (χ3n) is 7.69. The Balaban J connectivity index is 0.00000520. The number of anilines is 3. The van der Waals surface area contributed by atoms with E-state index in [0.29, 0.717) is 29.5 Å². The van der Waals surface area contributed by atoms with E-state index in [1.807, 2.05) is 37.3 Å². The first-order valence-electron chi connectivity index (χ1n) is 15.1. The van der Waals surface area contributed by atoms with Gasteiger partial charge in [0.15, 0.2) is 0 Å². The molecule has 0 atom stereocenters. The molecule has 48 heavy (non-hydrogen) atoms. The van der Waals surface area contributed by atoms with Crippen molar-refractivity contribution >= 4 is 51.4 Å². The molecule has 0 unspecified atom stereocenters. The van der Waals surface area contributed by atoms with Gasteiger partial charge in [0.05, 0.1) is 11.8 Å². The number of amides is 3. The van der Waals surface area contributed by atoms with Crippen LogP contribution in [0.2, 0.25) is 0 Å². The smallest absolute Gasteiger partial charge is 0.326 e. The third-order valence-corrected chi connectivity index (χ3v) is 8.30. The number of hydrogen-bond donors (Lipinski definition) is 3. The van der Waals surface area contributed by atoms with Crippen molar-refractivity contribution in [1.82, 2.24) is 15.2 Å². The van der Waals surface area contributed by atoms with Crippen LogP contribution >= 0.6 is 12.4 Å². The summed E-state index contributed by atoms with van der Waals surface area (Å²) in [6, 6.07) is 21.5. The molecule has 1 fully saturated rings. The van der Waals surface area contributed by atoms with Gasteiger partial charge in [-0.15, -0.1) is 12.4 Å². The molecule has 3 N–H and O–H groups in total. The van der Waals surface area contributed by atoms with Gasteiger partial charge in [0.1, 0.15) is 11.6 Å². The van der Waals surface area contributed by atoms with Gasteiger partial charge in [-0.3, -0.25) is 19.3 Å². The van der Waals surface area contributed by atoms with Gasteiger partial charge in [0.2, 0.25) is 15.9 Å². The molecule has 0 bridgehead atoms. The van der Waals surface area contributed by atoms with E-state index in [4.69, 9.17) is 4.74 Å². The fourth-order valence-electron chi connectivity index (χ4n) is 5.45. The Morgan fingerprint density at radius 1 is 1.00 bits per heavy atom. The number of halogens is 2. The molecule has 11 nitrogen and oxygen atoms in total. The van der Waals surface area contributed by atoms with E-state index >= 15 is 0 Å². The van der Waals surface area contributed by atoms with E-state index in [2.05, 4.69) is 25.2 Å². The Morgan fingerprint density at radius 3 is 2.33 bits per heavy atom. The topological polar surface area (TPSA) is 133 Å². The van der Waals surface area contributed by atoms with Crippen LogP contribution in [-0.2, 0) is 16.6 Å². The Bertz CT molecular complexity index is 1840. The van der Waals surface area contributed by atoms with E-state index in [-0.39, 0.29) is 30.0 Å². The van der Waals surface area contributed by atoms with Gasteiger partial charge in [-0.05, 0) is 85.5 Å². The Hall–Kier alpha value is -4.72. The largest absolute Gasteiger partial charge is 0.439 e. The summed E-state index contributed by atoms with van der Waals surface area (Å²) in [5.74, 6) is -0.298. The Labute approximate surface area is 286 Å². The number of hydrogen-bond acceptors (Lipinski definition) is 7. The molecule has 254 valence electrons.